The van der Waals surface area contributed by atoms with Gasteiger partial charge in [-0.25, -0.2) is 4.57 Å². The lowest BCUT2D eigenvalue weighted by Crippen LogP contribution is -2.29. The van der Waals surface area contributed by atoms with Crippen LogP contribution in [0.4, 0.5) is 0 Å². The second-order valence-corrected chi connectivity index (χ2v) is 19.9. The SMILES string of the molecule is CCCCC/C=C\C/C=C\C/C=C\CCCCCCCCC(=O)OC(COC(=O)CCCCCCCCCCCCCCCCC/C=C\C/C=C\CCCCCCC)COP(=O)(O)OCCN. The molecule has 0 aromatic heterocycles. The van der Waals surface area contributed by atoms with Crippen LogP contribution in [0.3, 0.4) is 0 Å². The van der Waals surface area contributed by atoms with Crippen LogP contribution in [0.25, 0.3) is 0 Å². The molecule has 0 bridgehead atoms. The van der Waals surface area contributed by atoms with Gasteiger partial charge in [-0.1, -0.05) is 222 Å². The molecule has 0 amide bonds. The van der Waals surface area contributed by atoms with Gasteiger partial charge in [-0.05, 0) is 83.5 Å². The van der Waals surface area contributed by atoms with E-state index >= 15 is 0 Å². The van der Waals surface area contributed by atoms with Crippen molar-refractivity contribution in [3.63, 3.8) is 0 Å². The van der Waals surface area contributed by atoms with Gasteiger partial charge >= 0.3 is 19.8 Å². The van der Waals surface area contributed by atoms with Crippen molar-refractivity contribution in [1.29, 1.82) is 0 Å². The molecular weight excluding hydrogens is 858 g/mol. The van der Waals surface area contributed by atoms with Crippen molar-refractivity contribution in [2.24, 2.45) is 5.73 Å². The molecule has 3 N–H and O–H groups in total. The Kier molecular flexibility index (Phi) is 51.3. The predicted molar refractivity (Wildman–Crippen MR) is 284 cm³/mol. The lowest BCUT2D eigenvalue weighted by molar-refractivity contribution is -0.161. The van der Waals surface area contributed by atoms with Gasteiger partial charge in [-0.3, -0.25) is 18.6 Å². The normalized spacial score (nSPS) is 13.6. The largest absolute Gasteiger partial charge is 0.472 e. The van der Waals surface area contributed by atoms with E-state index in [1.165, 1.54) is 148 Å². The minimum absolute atomic E-state index is 0.0496. The van der Waals surface area contributed by atoms with Crippen LogP contribution in [0.5, 0.6) is 0 Å². The van der Waals surface area contributed by atoms with Crippen molar-refractivity contribution in [3.05, 3.63) is 60.8 Å². The zero-order chi connectivity index (χ0) is 48.8. The summed E-state index contributed by atoms with van der Waals surface area (Å²) >= 11 is 0. The molecule has 0 spiro atoms. The Labute approximate surface area is 412 Å². The number of carbonyl (C=O) groups excluding carboxylic acids is 2. The van der Waals surface area contributed by atoms with Gasteiger partial charge in [0.1, 0.15) is 6.61 Å². The number of phosphoric ester groups is 1. The van der Waals surface area contributed by atoms with E-state index in [4.69, 9.17) is 24.3 Å². The Morgan fingerprint density at radius 2 is 0.776 bits per heavy atom. The molecule has 0 aliphatic carbocycles. The highest BCUT2D eigenvalue weighted by atomic mass is 31.2. The van der Waals surface area contributed by atoms with E-state index in [9.17, 15) is 19.0 Å². The smallest absolute Gasteiger partial charge is 0.462 e. The molecule has 0 radical (unpaired) electrons. The third-order valence-corrected chi connectivity index (χ3v) is 12.9. The number of ether oxygens (including phenoxy) is 2. The van der Waals surface area contributed by atoms with Crippen molar-refractivity contribution in [2.45, 2.75) is 264 Å². The van der Waals surface area contributed by atoms with Gasteiger partial charge < -0.3 is 20.1 Å². The van der Waals surface area contributed by atoms with Crippen LogP contribution in [0.2, 0.25) is 0 Å². The van der Waals surface area contributed by atoms with Crippen molar-refractivity contribution >= 4 is 19.8 Å². The molecule has 0 aliphatic heterocycles. The lowest BCUT2D eigenvalue weighted by Gasteiger charge is -2.19. The molecule has 67 heavy (non-hydrogen) atoms. The molecule has 0 saturated heterocycles. The summed E-state index contributed by atoms with van der Waals surface area (Å²) in [6.45, 7) is 3.71. The van der Waals surface area contributed by atoms with Gasteiger partial charge in [0.15, 0.2) is 6.10 Å². The average molecular weight is 962 g/mol. The first-order chi connectivity index (χ1) is 32.8. The van der Waals surface area contributed by atoms with E-state index in [0.717, 1.165) is 77.0 Å². The van der Waals surface area contributed by atoms with E-state index in [2.05, 4.69) is 74.6 Å². The second-order valence-electron chi connectivity index (χ2n) is 18.4. The fourth-order valence-electron chi connectivity index (χ4n) is 7.73. The second kappa shape index (κ2) is 53.1. The summed E-state index contributed by atoms with van der Waals surface area (Å²) in [6, 6.07) is 0. The van der Waals surface area contributed by atoms with Crippen LogP contribution >= 0.6 is 7.82 Å². The lowest BCUT2D eigenvalue weighted by atomic mass is 10.0. The maximum absolute atomic E-state index is 12.7. The number of allylic oxidation sites excluding steroid dienone is 10. The molecule has 0 saturated carbocycles. The summed E-state index contributed by atoms with van der Waals surface area (Å²) in [4.78, 5) is 35.1. The van der Waals surface area contributed by atoms with Crippen LogP contribution in [-0.4, -0.2) is 49.3 Å². The molecule has 2 unspecified atom stereocenters. The molecule has 9 nitrogen and oxygen atoms in total. The summed E-state index contributed by atoms with van der Waals surface area (Å²) in [5.41, 5.74) is 5.37. The quantitative estimate of drug-likeness (QED) is 0.0264. The van der Waals surface area contributed by atoms with Gasteiger partial charge in [0.2, 0.25) is 0 Å². The Bertz CT molecular complexity index is 1280. The fourth-order valence-corrected chi connectivity index (χ4v) is 8.50. The molecule has 390 valence electrons. The Morgan fingerprint density at radius 1 is 0.448 bits per heavy atom. The Morgan fingerprint density at radius 3 is 1.18 bits per heavy atom. The van der Waals surface area contributed by atoms with Crippen LogP contribution in [0.1, 0.15) is 258 Å². The van der Waals surface area contributed by atoms with Gasteiger partial charge in [0.25, 0.3) is 0 Å². The van der Waals surface area contributed by atoms with E-state index in [1.54, 1.807) is 0 Å². The zero-order valence-electron chi connectivity index (χ0n) is 43.4. The molecule has 0 aromatic carbocycles. The number of esters is 2. The minimum atomic E-state index is -4.39. The van der Waals surface area contributed by atoms with Gasteiger partial charge in [0, 0.05) is 19.4 Å². The summed E-state index contributed by atoms with van der Waals surface area (Å²) in [7, 11) is -4.39. The molecular formula is C57H104NO8P. The van der Waals surface area contributed by atoms with Crippen molar-refractivity contribution in [2.75, 3.05) is 26.4 Å². The number of nitrogens with two attached hydrogens (primary N) is 1. The average Bonchev–Trinajstić information content (AvgIpc) is 3.32. The predicted octanol–water partition coefficient (Wildman–Crippen LogP) is 17.2. The van der Waals surface area contributed by atoms with E-state index in [-0.39, 0.29) is 38.6 Å². The molecule has 0 aliphatic rings. The summed E-state index contributed by atoms with van der Waals surface area (Å²) < 4.78 is 33.0. The highest BCUT2D eigenvalue weighted by Crippen LogP contribution is 2.43. The Balaban J connectivity index is 3.99. The fraction of sp³-hybridized carbons (Fsp3) is 0.789. The van der Waals surface area contributed by atoms with Crippen molar-refractivity contribution < 1.29 is 37.6 Å². The Hall–Kier alpha value is -2.29. The monoisotopic (exact) mass is 962 g/mol. The summed E-state index contributed by atoms with van der Waals surface area (Å²) in [5.74, 6) is -0.837. The van der Waals surface area contributed by atoms with Gasteiger partial charge in [-0.15, -0.1) is 0 Å². The highest BCUT2D eigenvalue weighted by molar-refractivity contribution is 7.47. The van der Waals surface area contributed by atoms with Gasteiger partial charge in [0.05, 0.1) is 13.2 Å². The molecule has 0 aromatic rings. The van der Waals surface area contributed by atoms with Crippen molar-refractivity contribution in [3.8, 4) is 0 Å². The van der Waals surface area contributed by atoms with Crippen molar-refractivity contribution in [1.82, 2.24) is 0 Å². The van der Waals surface area contributed by atoms with Crippen LogP contribution in [0, 0.1) is 0 Å². The van der Waals surface area contributed by atoms with Crippen LogP contribution < -0.4 is 5.73 Å². The molecule has 0 fully saturated rings. The van der Waals surface area contributed by atoms with Crippen LogP contribution in [-0.2, 0) is 32.7 Å². The number of unbranched alkanes of at least 4 members (excludes halogenated alkanes) is 29. The number of carbonyl (C=O) groups is 2. The first-order valence-corrected chi connectivity index (χ1v) is 29.3. The maximum atomic E-state index is 12.7. The number of hydrogen-bond acceptors (Lipinski definition) is 8. The summed E-state index contributed by atoms with van der Waals surface area (Å²) in [6.07, 6.45) is 65.5. The molecule has 10 heteroatoms. The topological polar surface area (TPSA) is 134 Å². The highest BCUT2D eigenvalue weighted by Gasteiger charge is 2.26. The number of phosphoric acid groups is 1. The molecule has 0 rings (SSSR count). The molecule has 2 atom stereocenters. The first kappa shape index (κ1) is 64.7. The minimum Gasteiger partial charge on any atom is -0.462 e. The van der Waals surface area contributed by atoms with E-state index in [1.807, 2.05) is 0 Å². The maximum Gasteiger partial charge on any atom is 0.472 e. The molecule has 0 heterocycles. The number of hydrogen-bond donors (Lipinski definition) is 2. The third-order valence-electron chi connectivity index (χ3n) is 11.9. The van der Waals surface area contributed by atoms with E-state index in [0.29, 0.717) is 6.42 Å². The third kappa shape index (κ3) is 52.9. The van der Waals surface area contributed by atoms with Crippen LogP contribution in [0.15, 0.2) is 60.8 Å². The standard InChI is InChI=1S/C57H104NO8P/c1-3-5-7-9-11-13-15-17-19-21-23-24-25-26-27-28-29-30-32-33-35-37-39-41-43-45-47-49-56(59)63-53-55(54-65-67(61,62)64-52-51-58)66-57(60)50-48-46-44-42-40-38-36-34-31-22-20-18-16-14-12-10-8-6-4-2/h12,14-15,17-18,20-21,23,31,34,55H,3-11,13,16,19,22,24-30,32-33,35-54,58H2,1-2H3,(H,61,62)/b14-12-,17-15-,20-18-,23-21-,34-31-. The number of rotatable bonds is 52. The zero-order valence-corrected chi connectivity index (χ0v) is 44.3. The summed E-state index contributed by atoms with van der Waals surface area (Å²) in [5, 5.41) is 0. The van der Waals surface area contributed by atoms with E-state index < -0.39 is 26.5 Å². The van der Waals surface area contributed by atoms with Gasteiger partial charge in [-0.2, -0.15) is 0 Å². The first-order valence-electron chi connectivity index (χ1n) is 27.8.